The lowest BCUT2D eigenvalue weighted by Gasteiger charge is -2.15. The molecule has 6 nitrogen and oxygen atoms in total. The first kappa shape index (κ1) is 22.4. The van der Waals surface area contributed by atoms with Crippen LogP contribution in [-0.2, 0) is 27.5 Å². The molecule has 1 amide bonds. The summed E-state index contributed by atoms with van der Waals surface area (Å²) in [6, 6.07) is 7.91. The Kier molecular flexibility index (Phi) is 11.0. The summed E-state index contributed by atoms with van der Waals surface area (Å²) in [6.45, 7) is 5.57. The minimum absolute atomic E-state index is 0. The number of likely N-dealkylation sites (N-methyl/N-ethyl adjacent to an activating group) is 1. The molecule has 0 aliphatic carbocycles. The first-order valence-corrected chi connectivity index (χ1v) is 7.73. The van der Waals surface area contributed by atoms with Crippen LogP contribution in [0.5, 0.6) is 0 Å². The van der Waals surface area contributed by atoms with E-state index in [-0.39, 0.29) is 37.4 Å². The first-order valence-electron chi connectivity index (χ1n) is 7.73. The van der Waals surface area contributed by atoms with Gasteiger partial charge >= 0.3 is 5.97 Å². The number of carbonyl (C=O) groups is 2. The van der Waals surface area contributed by atoms with Gasteiger partial charge in [-0.15, -0.1) is 12.4 Å². The van der Waals surface area contributed by atoms with Crippen molar-refractivity contribution in [3.05, 3.63) is 35.4 Å². The highest BCUT2D eigenvalue weighted by Gasteiger charge is 2.08. The van der Waals surface area contributed by atoms with Crippen LogP contribution in [0.1, 0.15) is 31.4 Å². The molecule has 0 aliphatic heterocycles. The Morgan fingerprint density at radius 2 is 1.79 bits per heavy atom. The van der Waals surface area contributed by atoms with E-state index in [4.69, 9.17) is 9.84 Å². The number of hydrogen-bond acceptors (Lipinski definition) is 4. The number of carboxylic acid groups (broad SMARTS) is 1. The van der Waals surface area contributed by atoms with Crippen molar-refractivity contribution in [3.8, 4) is 0 Å². The monoisotopic (exact) mass is 358 g/mol. The van der Waals surface area contributed by atoms with Gasteiger partial charge in [0.05, 0.1) is 25.7 Å². The Balaban J connectivity index is 0.00000529. The van der Waals surface area contributed by atoms with Crippen molar-refractivity contribution in [2.45, 2.75) is 39.5 Å². The molecule has 0 aliphatic rings. The molecule has 24 heavy (non-hydrogen) atoms. The number of carbonyl (C=O) groups excluding carboxylic acids is 1. The molecular formula is C17H27ClN2O4. The highest BCUT2D eigenvalue weighted by molar-refractivity contribution is 5.85. The molecule has 0 aromatic heterocycles. The highest BCUT2D eigenvalue weighted by Crippen LogP contribution is 2.07. The third kappa shape index (κ3) is 10.2. The smallest absolute Gasteiger partial charge is 0.304 e. The van der Waals surface area contributed by atoms with E-state index in [1.807, 2.05) is 38.1 Å². The summed E-state index contributed by atoms with van der Waals surface area (Å²) in [4.78, 5) is 24.0. The molecule has 0 heterocycles. The summed E-state index contributed by atoms with van der Waals surface area (Å²) in [5.74, 6) is -0.982. The van der Waals surface area contributed by atoms with Crippen LogP contribution in [0.2, 0.25) is 0 Å². The van der Waals surface area contributed by atoms with Crippen molar-refractivity contribution in [1.82, 2.24) is 10.2 Å². The Labute approximate surface area is 149 Å². The van der Waals surface area contributed by atoms with Crippen LogP contribution in [0, 0.1) is 0 Å². The summed E-state index contributed by atoms with van der Waals surface area (Å²) in [7, 11) is 1.73. The average Bonchev–Trinajstić information content (AvgIpc) is 2.50. The number of nitrogens with one attached hydrogen (secondary N) is 1. The van der Waals surface area contributed by atoms with E-state index >= 15 is 0 Å². The van der Waals surface area contributed by atoms with Crippen LogP contribution in [0.4, 0.5) is 0 Å². The van der Waals surface area contributed by atoms with Crippen LogP contribution in [-0.4, -0.2) is 48.1 Å². The first-order chi connectivity index (χ1) is 10.9. The number of ether oxygens (including phenoxy) is 1. The van der Waals surface area contributed by atoms with Gasteiger partial charge in [-0.25, -0.2) is 0 Å². The van der Waals surface area contributed by atoms with E-state index in [2.05, 4.69) is 5.32 Å². The van der Waals surface area contributed by atoms with Crippen LogP contribution in [0.25, 0.3) is 0 Å². The van der Waals surface area contributed by atoms with Crippen LogP contribution in [0.3, 0.4) is 0 Å². The molecule has 0 atom stereocenters. The van der Waals surface area contributed by atoms with Crippen LogP contribution >= 0.6 is 12.4 Å². The van der Waals surface area contributed by atoms with Crippen molar-refractivity contribution in [1.29, 1.82) is 0 Å². The molecule has 1 aromatic rings. The number of rotatable bonds is 10. The van der Waals surface area contributed by atoms with Gasteiger partial charge < -0.3 is 15.2 Å². The van der Waals surface area contributed by atoms with Gasteiger partial charge in [-0.3, -0.25) is 14.5 Å². The van der Waals surface area contributed by atoms with E-state index in [1.165, 1.54) is 0 Å². The standard InChI is InChI=1S/C17H26N2O4.ClH/c1-13(2)23-12-15-6-4-14(5-7-15)10-18-16(20)11-19(3)9-8-17(21)22;/h4-7,13H,8-12H2,1-3H3,(H,18,20)(H,21,22);1H. The molecule has 0 spiro atoms. The SMILES string of the molecule is CC(C)OCc1ccc(CNC(=O)CN(C)CCC(=O)O)cc1.Cl. The predicted molar refractivity (Wildman–Crippen MR) is 95.2 cm³/mol. The normalized spacial score (nSPS) is 10.5. The summed E-state index contributed by atoms with van der Waals surface area (Å²) in [6.07, 6.45) is 0.232. The maximum Gasteiger partial charge on any atom is 0.304 e. The predicted octanol–water partition coefficient (Wildman–Crippen LogP) is 2.06. The number of halogens is 1. The molecule has 0 saturated heterocycles. The molecule has 1 aromatic carbocycles. The van der Waals surface area contributed by atoms with Gasteiger partial charge in [0.15, 0.2) is 0 Å². The Morgan fingerprint density at radius 3 is 2.33 bits per heavy atom. The van der Waals surface area contributed by atoms with Crippen molar-refractivity contribution in [2.24, 2.45) is 0 Å². The minimum Gasteiger partial charge on any atom is -0.481 e. The fourth-order valence-corrected chi connectivity index (χ4v) is 1.88. The molecule has 0 saturated carbocycles. The maximum atomic E-state index is 11.8. The van der Waals surface area contributed by atoms with Crippen molar-refractivity contribution in [3.63, 3.8) is 0 Å². The number of carboxylic acids is 1. The van der Waals surface area contributed by atoms with Crippen LogP contribution < -0.4 is 5.32 Å². The number of nitrogens with zero attached hydrogens (tertiary/aromatic N) is 1. The minimum atomic E-state index is -0.862. The molecule has 2 N–H and O–H groups in total. The molecule has 136 valence electrons. The van der Waals surface area contributed by atoms with Crippen LogP contribution in [0.15, 0.2) is 24.3 Å². The average molecular weight is 359 g/mol. The molecular weight excluding hydrogens is 332 g/mol. The summed E-state index contributed by atoms with van der Waals surface area (Å²) >= 11 is 0. The van der Waals surface area contributed by atoms with Crippen molar-refractivity contribution >= 4 is 24.3 Å². The summed E-state index contributed by atoms with van der Waals surface area (Å²) in [5, 5.41) is 11.4. The second-order valence-electron chi connectivity index (χ2n) is 5.83. The van der Waals surface area contributed by atoms with E-state index in [9.17, 15) is 9.59 Å². The maximum absolute atomic E-state index is 11.8. The fraction of sp³-hybridized carbons (Fsp3) is 0.529. The van der Waals surface area contributed by atoms with Gasteiger partial charge in [-0.05, 0) is 32.0 Å². The van der Waals surface area contributed by atoms with Gasteiger partial charge in [0.1, 0.15) is 0 Å². The molecule has 0 bridgehead atoms. The van der Waals surface area contributed by atoms with Gasteiger partial charge in [-0.1, -0.05) is 24.3 Å². The van der Waals surface area contributed by atoms with Gasteiger partial charge in [0.25, 0.3) is 0 Å². The summed E-state index contributed by atoms with van der Waals surface area (Å²) < 4.78 is 5.53. The lowest BCUT2D eigenvalue weighted by Crippen LogP contribution is -2.35. The summed E-state index contributed by atoms with van der Waals surface area (Å²) in [5.41, 5.74) is 2.11. The molecule has 7 heteroatoms. The Morgan fingerprint density at radius 1 is 1.21 bits per heavy atom. The molecule has 0 unspecified atom stereocenters. The molecule has 0 fully saturated rings. The second-order valence-corrected chi connectivity index (χ2v) is 5.83. The topological polar surface area (TPSA) is 78.9 Å². The lowest BCUT2D eigenvalue weighted by molar-refractivity contribution is -0.137. The Bertz CT molecular complexity index is 506. The molecule has 1 rings (SSSR count). The second kappa shape index (κ2) is 11.8. The van der Waals surface area contributed by atoms with Gasteiger partial charge in [0, 0.05) is 13.1 Å². The zero-order valence-electron chi connectivity index (χ0n) is 14.4. The largest absolute Gasteiger partial charge is 0.481 e. The lowest BCUT2D eigenvalue weighted by atomic mass is 10.1. The zero-order valence-corrected chi connectivity index (χ0v) is 15.3. The number of hydrogen-bond donors (Lipinski definition) is 2. The van der Waals surface area contributed by atoms with Gasteiger partial charge in [-0.2, -0.15) is 0 Å². The quantitative estimate of drug-likeness (QED) is 0.669. The highest BCUT2D eigenvalue weighted by atomic mass is 35.5. The van der Waals surface area contributed by atoms with Gasteiger partial charge in [0.2, 0.25) is 5.91 Å². The van der Waals surface area contributed by atoms with E-state index < -0.39 is 5.97 Å². The molecule has 0 radical (unpaired) electrons. The zero-order chi connectivity index (χ0) is 17.2. The van der Waals surface area contributed by atoms with Crippen molar-refractivity contribution in [2.75, 3.05) is 20.1 Å². The number of benzene rings is 1. The van der Waals surface area contributed by atoms with E-state index in [0.717, 1.165) is 11.1 Å². The van der Waals surface area contributed by atoms with Crippen molar-refractivity contribution < 1.29 is 19.4 Å². The van der Waals surface area contributed by atoms with E-state index in [0.29, 0.717) is 19.7 Å². The fourth-order valence-electron chi connectivity index (χ4n) is 1.88. The van der Waals surface area contributed by atoms with E-state index in [1.54, 1.807) is 11.9 Å². The third-order valence-electron chi connectivity index (χ3n) is 3.22. The number of amides is 1. The third-order valence-corrected chi connectivity index (χ3v) is 3.22. The Hall–Kier alpha value is -1.63. The number of aliphatic carboxylic acids is 1.